The maximum atomic E-state index is 13.9. The van der Waals surface area contributed by atoms with Crippen molar-refractivity contribution in [1.29, 1.82) is 0 Å². The Morgan fingerprint density at radius 1 is 1.08 bits per heavy atom. The van der Waals surface area contributed by atoms with E-state index in [0.717, 1.165) is 10.9 Å². The Labute approximate surface area is 228 Å². The molecule has 3 heterocycles. The molecule has 1 saturated heterocycles. The molecular formula is C26H30F3N7O2S. The van der Waals surface area contributed by atoms with Crippen molar-refractivity contribution in [3.05, 3.63) is 53.1 Å². The van der Waals surface area contributed by atoms with Crippen LogP contribution in [0.15, 0.2) is 30.5 Å². The van der Waals surface area contributed by atoms with Crippen LogP contribution in [-0.2, 0) is 17.5 Å². The standard InChI is InChI=1S/C26H30F3N7O2S/c1-15(2)23-30-8-7-21(33-23)22-16(3)31-25(39-22)34-24(38)32-19-6-5-18(20(13-19)26(27,28)29)14-35-9-11-36(12-10-35)17(4)37/h5-8,13,15H,9-12,14H2,1-4H3,(H2,31,32,34,38). The summed E-state index contributed by atoms with van der Waals surface area (Å²) >= 11 is 1.22. The summed E-state index contributed by atoms with van der Waals surface area (Å²) in [5, 5.41) is 5.37. The van der Waals surface area contributed by atoms with E-state index in [0.29, 0.717) is 48.5 Å². The number of thiazole rings is 1. The monoisotopic (exact) mass is 561 g/mol. The van der Waals surface area contributed by atoms with Gasteiger partial charge in [-0.25, -0.2) is 19.7 Å². The van der Waals surface area contributed by atoms with Crippen LogP contribution in [0.2, 0.25) is 0 Å². The molecule has 1 aliphatic rings. The first kappa shape index (κ1) is 28.4. The predicted octanol–water partition coefficient (Wildman–Crippen LogP) is 5.36. The van der Waals surface area contributed by atoms with Crippen LogP contribution in [0.1, 0.15) is 49.3 Å². The second kappa shape index (κ2) is 11.7. The van der Waals surface area contributed by atoms with Gasteiger partial charge < -0.3 is 10.2 Å². The summed E-state index contributed by atoms with van der Waals surface area (Å²) in [6.45, 7) is 9.28. The quantitative estimate of drug-likeness (QED) is 0.420. The van der Waals surface area contributed by atoms with E-state index in [9.17, 15) is 22.8 Å². The molecule has 13 heteroatoms. The lowest BCUT2D eigenvalue weighted by atomic mass is 10.0. The van der Waals surface area contributed by atoms with Gasteiger partial charge in [0.1, 0.15) is 5.82 Å². The van der Waals surface area contributed by atoms with Crippen LogP contribution in [0.4, 0.5) is 28.8 Å². The number of amides is 3. The lowest BCUT2D eigenvalue weighted by Crippen LogP contribution is -2.47. The molecule has 1 aliphatic heterocycles. The third kappa shape index (κ3) is 7.09. The van der Waals surface area contributed by atoms with Crippen molar-refractivity contribution in [2.45, 2.75) is 46.3 Å². The number of urea groups is 1. The molecule has 0 atom stereocenters. The van der Waals surface area contributed by atoms with Crippen LogP contribution >= 0.6 is 11.3 Å². The smallest absolute Gasteiger partial charge is 0.340 e. The van der Waals surface area contributed by atoms with Gasteiger partial charge in [-0.05, 0) is 30.7 Å². The van der Waals surface area contributed by atoms with E-state index in [1.54, 1.807) is 24.1 Å². The maximum Gasteiger partial charge on any atom is 0.416 e. The van der Waals surface area contributed by atoms with E-state index in [-0.39, 0.29) is 29.6 Å². The van der Waals surface area contributed by atoms with Crippen molar-refractivity contribution in [3.63, 3.8) is 0 Å². The van der Waals surface area contributed by atoms with Gasteiger partial charge in [0.2, 0.25) is 5.91 Å². The number of halogens is 3. The first-order chi connectivity index (χ1) is 18.4. The van der Waals surface area contributed by atoms with Crippen molar-refractivity contribution in [1.82, 2.24) is 24.8 Å². The van der Waals surface area contributed by atoms with Crippen molar-refractivity contribution in [2.75, 3.05) is 36.8 Å². The fraction of sp³-hybridized carbons (Fsp3) is 0.423. The van der Waals surface area contributed by atoms with Gasteiger partial charge >= 0.3 is 12.2 Å². The fourth-order valence-electron chi connectivity index (χ4n) is 4.24. The van der Waals surface area contributed by atoms with Gasteiger partial charge in [0.05, 0.1) is 21.8 Å². The lowest BCUT2D eigenvalue weighted by molar-refractivity contribution is -0.138. The van der Waals surface area contributed by atoms with Gasteiger partial charge in [-0.1, -0.05) is 31.3 Å². The number of aromatic nitrogens is 3. The minimum absolute atomic E-state index is 0.0100. The van der Waals surface area contributed by atoms with Crippen LogP contribution in [0.25, 0.3) is 10.6 Å². The average Bonchev–Trinajstić information content (AvgIpc) is 3.24. The number of hydrogen-bond donors (Lipinski definition) is 2. The van der Waals surface area contributed by atoms with Gasteiger partial charge in [0.15, 0.2) is 5.13 Å². The molecule has 9 nitrogen and oxygen atoms in total. The van der Waals surface area contributed by atoms with Crippen LogP contribution in [0.3, 0.4) is 0 Å². The van der Waals surface area contributed by atoms with Crippen molar-refractivity contribution in [2.24, 2.45) is 0 Å². The topological polar surface area (TPSA) is 103 Å². The minimum Gasteiger partial charge on any atom is -0.340 e. The molecular weight excluding hydrogens is 531 g/mol. The lowest BCUT2D eigenvalue weighted by Gasteiger charge is -2.34. The largest absolute Gasteiger partial charge is 0.416 e. The van der Waals surface area contributed by atoms with Gasteiger partial charge in [0, 0.05) is 57.4 Å². The summed E-state index contributed by atoms with van der Waals surface area (Å²) in [7, 11) is 0. The summed E-state index contributed by atoms with van der Waals surface area (Å²) in [5.74, 6) is 0.791. The number of alkyl halides is 3. The van der Waals surface area contributed by atoms with E-state index < -0.39 is 17.8 Å². The molecule has 3 aromatic rings. The molecule has 2 N–H and O–H groups in total. The Morgan fingerprint density at radius 2 is 1.79 bits per heavy atom. The molecule has 1 fully saturated rings. The first-order valence-corrected chi connectivity index (χ1v) is 13.3. The van der Waals surface area contributed by atoms with E-state index in [1.165, 1.54) is 30.4 Å². The Balaban J connectivity index is 1.44. The molecule has 0 radical (unpaired) electrons. The van der Waals surface area contributed by atoms with Gasteiger partial charge in [-0.2, -0.15) is 13.2 Å². The zero-order valence-corrected chi connectivity index (χ0v) is 22.9. The van der Waals surface area contributed by atoms with Crippen LogP contribution < -0.4 is 10.6 Å². The second-order valence-corrected chi connectivity index (χ2v) is 10.6. The predicted molar refractivity (Wildman–Crippen MR) is 144 cm³/mol. The number of hydrogen-bond acceptors (Lipinski definition) is 7. The highest BCUT2D eigenvalue weighted by Gasteiger charge is 2.34. The number of anilines is 2. The molecule has 0 bridgehead atoms. The number of rotatable bonds is 6. The number of piperazine rings is 1. The summed E-state index contributed by atoms with van der Waals surface area (Å²) in [4.78, 5) is 41.7. The minimum atomic E-state index is -4.60. The zero-order chi connectivity index (χ0) is 28.3. The molecule has 39 heavy (non-hydrogen) atoms. The summed E-state index contributed by atoms with van der Waals surface area (Å²) < 4.78 is 41.7. The van der Waals surface area contributed by atoms with Gasteiger partial charge in [0.25, 0.3) is 0 Å². The molecule has 2 aromatic heterocycles. The normalized spacial score (nSPS) is 14.5. The Bertz CT molecular complexity index is 1350. The summed E-state index contributed by atoms with van der Waals surface area (Å²) in [6, 6.07) is 4.82. The summed E-state index contributed by atoms with van der Waals surface area (Å²) in [5.41, 5.74) is 0.652. The molecule has 0 spiro atoms. The second-order valence-electron chi connectivity index (χ2n) is 9.62. The SMILES string of the molecule is CC(=O)N1CCN(Cc2ccc(NC(=O)Nc3nc(C)c(-c4ccnc(C(C)C)n4)s3)cc2C(F)(F)F)CC1. The Morgan fingerprint density at radius 3 is 2.44 bits per heavy atom. The first-order valence-electron chi connectivity index (χ1n) is 12.5. The highest BCUT2D eigenvalue weighted by molar-refractivity contribution is 7.19. The van der Waals surface area contributed by atoms with Crippen LogP contribution in [0.5, 0.6) is 0 Å². The summed E-state index contributed by atoms with van der Waals surface area (Å²) in [6.07, 6.45) is -2.93. The zero-order valence-electron chi connectivity index (χ0n) is 22.1. The van der Waals surface area contributed by atoms with E-state index in [1.807, 2.05) is 18.7 Å². The molecule has 208 valence electrons. The number of nitrogens with zero attached hydrogens (tertiary/aromatic N) is 5. The molecule has 1 aromatic carbocycles. The number of carbonyl (C=O) groups excluding carboxylic acids is 2. The number of aryl methyl sites for hydroxylation is 1. The molecule has 3 amide bonds. The highest BCUT2D eigenvalue weighted by Crippen LogP contribution is 2.35. The third-order valence-corrected chi connectivity index (χ3v) is 7.42. The van der Waals surface area contributed by atoms with Crippen LogP contribution in [0, 0.1) is 6.92 Å². The fourth-order valence-corrected chi connectivity index (χ4v) is 5.17. The third-order valence-electron chi connectivity index (χ3n) is 6.33. The van der Waals surface area contributed by atoms with E-state index >= 15 is 0 Å². The van der Waals surface area contributed by atoms with Crippen LogP contribution in [-0.4, -0.2) is 62.9 Å². The van der Waals surface area contributed by atoms with Crippen molar-refractivity contribution < 1.29 is 22.8 Å². The van der Waals surface area contributed by atoms with Crippen molar-refractivity contribution in [3.8, 4) is 10.6 Å². The van der Waals surface area contributed by atoms with E-state index in [2.05, 4.69) is 25.6 Å². The molecule has 4 rings (SSSR count). The van der Waals surface area contributed by atoms with Gasteiger partial charge in [-0.15, -0.1) is 0 Å². The van der Waals surface area contributed by atoms with Gasteiger partial charge in [-0.3, -0.25) is 15.0 Å². The molecule has 0 unspecified atom stereocenters. The Kier molecular flexibility index (Phi) is 8.50. The molecule has 0 saturated carbocycles. The average molecular weight is 562 g/mol. The number of nitrogens with one attached hydrogen (secondary N) is 2. The number of benzene rings is 1. The Hall–Kier alpha value is -3.58. The van der Waals surface area contributed by atoms with Crippen molar-refractivity contribution >= 4 is 34.1 Å². The highest BCUT2D eigenvalue weighted by atomic mass is 32.1. The molecule has 0 aliphatic carbocycles. The van der Waals surface area contributed by atoms with E-state index in [4.69, 9.17) is 0 Å². The number of carbonyl (C=O) groups is 2. The maximum absolute atomic E-state index is 13.9.